The predicted molar refractivity (Wildman–Crippen MR) is 168 cm³/mol. The molecule has 0 aliphatic carbocycles. The number of carboxylic acids is 1. The number of ketones is 1. The molecule has 2 aromatic carbocycles. The number of fused-ring (bicyclic) bond motifs is 1. The first-order valence-corrected chi connectivity index (χ1v) is 14.4. The van der Waals surface area contributed by atoms with Gasteiger partial charge in [0.15, 0.2) is 34.6 Å². The molecular weight excluding hydrogens is 637 g/mol. The molecule has 10 nitrogen and oxygen atoms in total. The summed E-state index contributed by atoms with van der Waals surface area (Å²) in [7, 11) is 0. The molecule has 1 aliphatic heterocycles. The second kappa shape index (κ2) is 16.3. The number of amidine groups is 1. The van der Waals surface area contributed by atoms with Gasteiger partial charge >= 0.3 is 5.97 Å². The number of ether oxygens (including phenoxy) is 4. The molecule has 0 spiro atoms. The quantitative estimate of drug-likeness (QED) is 0.151. The number of carbonyl (C=O) groups excluding carboxylic acids is 1. The Balaban J connectivity index is 0.00000675. The van der Waals surface area contributed by atoms with Gasteiger partial charge in [-0.05, 0) is 55.9 Å². The molecule has 0 unspecified atom stereocenters. The number of halogens is 2. The van der Waals surface area contributed by atoms with Crippen LogP contribution in [0.25, 0.3) is 0 Å². The molecule has 0 saturated carbocycles. The largest absolute Gasteiger partial charge is 0.490 e. The van der Waals surface area contributed by atoms with E-state index in [1.54, 1.807) is 32.0 Å². The lowest BCUT2D eigenvalue weighted by Gasteiger charge is -2.26. The fourth-order valence-electron chi connectivity index (χ4n) is 4.73. The number of nitriles is 1. The van der Waals surface area contributed by atoms with Crippen LogP contribution in [-0.2, 0) is 16.8 Å². The van der Waals surface area contributed by atoms with Crippen LogP contribution in [0, 0.1) is 22.6 Å². The Morgan fingerprint density at radius 3 is 2.30 bits per heavy atom. The molecule has 1 aliphatic rings. The third kappa shape index (κ3) is 8.85. The Morgan fingerprint density at radius 2 is 1.68 bits per heavy atom. The topological polar surface area (TPSA) is 142 Å². The molecule has 0 fully saturated rings. The first-order valence-electron chi connectivity index (χ1n) is 14.4. The van der Waals surface area contributed by atoms with E-state index in [1.165, 1.54) is 4.90 Å². The minimum atomic E-state index is -0.942. The molecular formula is C32H41BrFN3O7. The van der Waals surface area contributed by atoms with Gasteiger partial charge in [0, 0.05) is 30.5 Å². The number of nitrogens with one attached hydrogen (secondary N) is 1. The lowest BCUT2D eigenvalue weighted by atomic mass is 9.84. The minimum absolute atomic E-state index is 0. The molecule has 0 aromatic heterocycles. The molecule has 0 radical (unpaired) electrons. The van der Waals surface area contributed by atoms with Gasteiger partial charge in [0.2, 0.25) is 0 Å². The van der Waals surface area contributed by atoms with Crippen molar-refractivity contribution in [2.75, 3.05) is 33.0 Å². The highest BCUT2D eigenvalue weighted by Crippen LogP contribution is 2.41. The Hall–Kier alpha value is -3.85. The van der Waals surface area contributed by atoms with E-state index in [-0.39, 0.29) is 91.4 Å². The van der Waals surface area contributed by atoms with Gasteiger partial charge in [-0.15, -0.1) is 17.0 Å². The average Bonchev–Trinajstić information content (AvgIpc) is 3.25. The maximum absolute atomic E-state index is 15.5. The number of carbonyl (C=O) groups is 2. The molecule has 44 heavy (non-hydrogen) atoms. The Bertz CT molecular complexity index is 1400. The van der Waals surface area contributed by atoms with E-state index in [9.17, 15) is 9.59 Å². The highest BCUT2D eigenvalue weighted by Gasteiger charge is 2.34. The van der Waals surface area contributed by atoms with Crippen molar-refractivity contribution in [3.8, 4) is 29.1 Å². The zero-order chi connectivity index (χ0) is 31.7. The number of rotatable bonds is 16. The molecule has 1 heterocycles. The zero-order valence-electron chi connectivity index (χ0n) is 25.9. The van der Waals surface area contributed by atoms with Gasteiger partial charge < -0.3 is 29.0 Å². The van der Waals surface area contributed by atoms with E-state index in [0.717, 1.165) is 0 Å². The van der Waals surface area contributed by atoms with Crippen LogP contribution in [0.1, 0.15) is 87.4 Å². The lowest BCUT2D eigenvalue weighted by molar-refractivity contribution is -0.137. The van der Waals surface area contributed by atoms with Crippen molar-refractivity contribution in [3.05, 3.63) is 46.3 Å². The van der Waals surface area contributed by atoms with Gasteiger partial charge in [-0.3, -0.25) is 15.0 Å². The minimum Gasteiger partial charge on any atom is -0.490 e. The van der Waals surface area contributed by atoms with Gasteiger partial charge in [0.05, 0.1) is 44.6 Å². The zero-order valence-corrected chi connectivity index (χ0v) is 27.6. The number of hydrogen-bond acceptors (Lipinski definition) is 8. The van der Waals surface area contributed by atoms with Crippen molar-refractivity contribution in [1.29, 1.82) is 10.7 Å². The van der Waals surface area contributed by atoms with Gasteiger partial charge in [-0.2, -0.15) is 5.26 Å². The standard InChI is InChI=1S/C32H40FN3O7.BrH/c1-6-40-25-17-21-18-36(31(35)27(21)28(33)30(25)41-7-2)19-23(37)20-15-22(32(3,4)5)29(43-13-9-8-12-34)24(16-20)42-14-10-11-26(38)39;/h15-17,35H,6-11,13-14,18-19H2,1-5H3,(H,38,39);1H. The van der Waals surface area contributed by atoms with Crippen molar-refractivity contribution < 1.29 is 38.0 Å². The molecule has 12 heteroatoms. The summed E-state index contributed by atoms with van der Waals surface area (Å²) in [5.41, 5.74) is 1.17. The number of nitrogens with zero attached hydrogens (tertiary/aromatic N) is 2. The molecule has 240 valence electrons. The van der Waals surface area contributed by atoms with Gasteiger partial charge in [-0.1, -0.05) is 20.8 Å². The number of benzene rings is 2. The maximum atomic E-state index is 15.5. The fraction of sp³-hybridized carbons (Fsp3) is 0.500. The van der Waals surface area contributed by atoms with Crippen LogP contribution in [0.3, 0.4) is 0 Å². The lowest BCUT2D eigenvalue weighted by Crippen LogP contribution is -2.30. The van der Waals surface area contributed by atoms with Crippen LogP contribution < -0.4 is 18.9 Å². The monoisotopic (exact) mass is 677 g/mol. The number of aliphatic carboxylic acids is 1. The molecule has 0 saturated heterocycles. The summed E-state index contributed by atoms with van der Waals surface area (Å²) in [5.74, 6) is -1.12. The second-order valence-corrected chi connectivity index (χ2v) is 11.1. The van der Waals surface area contributed by atoms with E-state index >= 15 is 4.39 Å². The van der Waals surface area contributed by atoms with Crippen LogP contribution in [0.15, 0.2) is 18.2 Å². The predicted octanol–water partition coefficient (Wildman–Crippen LogP) is 6.45. The molecule has 0 amide bonds. The van der Waals surface area contributed by atoms with Crippen LogP contribution in [0.2, 0.25) is 0 Å². The fourth-order valence-corrected chi connectivity index (χ4v) is 4.73. The van der Waals surface area contributed by atoms with Crippen molar-refractivity contribution in [2.45, 2.75) is 72.3 Å². The third-order valence-electron chi connectivity index (χ3n) is 6.76. The third-order valence-corrected chi connectivity index (χ3v) is 6.76. The first kappa shape index (κ1) is 36.3. The van der Waals surface area contributed by atoms with Gasteiger partial charge in [-0.25, -0.2) is 4.39 Å². The number of carboxylic acid groups (broad SMARTS) is 1. The second-order valence-electron chi connectivity index (χ2n) is 11.1. The first-order chi connectivity index (χ1) is 20.4. The summed E-state index contributed by atoms with van der Waals surface area (Å²) >= 11 is 0. The molecule has 3 rings (SSSR count). The summed E-state index contributed by atoms with van der Waals surface area (Å²) in [6.45, 7) is 10.3. The molecule has 0 atom stereocenters. The van der Waals surface area contributed by atoms with Crippen molar-refractivity contribution in [2.24, 2.45) is 0 Å². The highest BCUT2D eigenvalue weighted by atomic mass is 79.9. The summed E-state index contributed by atoms with van der Waals surface area (Å²) in [6, 6.07) is 7.04. The normalized spacial score (nSPS) is 12.2. The van der Waals surface area contributed by atoms with E-state index in [2.05, 4.69) is 6.07 Å². The van der Waals surface area contributed by atoms with E-state index in [1.807, 2.05) is 20.8 Å². The molecule has 0 bridgehead atoms. The van der Waals surface area contributed by atoms with Gasteiger partial charge in [0.1, 0.15) is 5.84 Å². The summed E-state index contributed by atoms with van der Waals surface area (Å²) in [6.07, 6.45) is 1.00. The van der Waals surface area contributed by atoms with Crippen LogP contribution in [-0.4, -0.2) is 60.6 Å². The van der Waals surface area contributed by atoms with Crippen molar-refractivity contribution in [1.82, 2.24) is 4.90 Å². The summed E-state index contributed by atoms with van der Waals surface area (Å²) < 4.78 is 38.6. The number of Topliss-reactive ketones (excluding diaryl/α,β-unsaturated/α-hetero) is 1. The van der Waals surface area contributed by atoms with E-state index in [4.69, 9.17) is 34.7 Å². The SMILES string of the molecule is Br.CCOc1cc2c(c(F)c1OCC)C(=N)N(CC(=O)c1cc(OCCCC(=O)O)c(OCCCC#N)c(C(C)(C)C)c1)C2. The van der Waals surface area contributed by atoms with Gasteiger partial charge in [0.25, 0.3) is 0 Å². The van der Waals surface area contributed by atoms with Crippen molar-refractivity contribution >= 4 is 34.6 Å². The molecule has 2 N–H and O–H groups in total. The number of hydrogen-bond donors (Lipinski definition) is 2. The van der Waals surface area contributed by atoms with E-state index in [0.29, 0.717) is 47.6 Å². The number of unbranched alkanes of at least 4 members (excludes halogenated alkanes) is 1. The maximum Gasteiger partial charge on any atom is 0.303 e. The van der Waals surface area contributed by atoms with E-state index < -0.39 is 17.2 Å². The Labute approximate surface area is 268 Å². The van der Waals surface area contributed by atoms with Crippen LogP contribution in [0.4, 0.5) is 4.39 Å². The van der Waals surface area contributed by atoms with Crippen LogP contribution in [0.5, 0.6) is 23.0 Å². The Kier molecular flexibility index (Phi) is 13.5. The highest BCUT2D eigenvalue weighted by molar-refractivity contribution is 8.93. The van der Waals surface area contributed by atoms with Crippen LogP contribution >= 0.6 is 17.0 Å². The molecule has 2 aromatic rings. The summed E-state index contributed by atoms with van der Waals surface area (Å²) in [5, 5.41) is 26.6. The average molecular weight is 679 g/mol. The summed E-state index contributed by atoms with van der Waals surface area (Å²) in [4.78, 5) is 26.2. The smallest absolute Gasteiger partial charge is 0.303 e. The van der Waals surface area contributed by atoms with Crippen molar-refractivity contribution in [3.63, 3.8) is 0 Å². The Morgan fingerprint density at radius 1 is 1.02 bits per heavy atom.